The largest absolute Gasteiger partial charge is 0.480 e. The van der Waals surface area contributed by atoms with Gasteiger partial charge in [0.2, 0.25) is 0 Å². The second-order valence-corrected chi connectivity index (χ2v) is 2.99. The molecule has 1 N–H and O–H groups in total. The van der Waals surface area contributed by atoms with Gasteiger partial charge in [-0.3, -0.25) is 14.7 Å². The van der Waals surface area contributed by atoms with Crippen LogP contribution in [-0.4, -0.2) is 35.1 Å². The van der Waals surface area contributed by atoms with Crippen molar-refractivity contribution in [2.75, 3.05) is 14.1 Å². The SMILES string of the molecule is CN(C)[C@H](C(=O)O)c1cccnc1. The van der Waals surface area contributed by atoms with Crippen LogP contribution in [-0.2, 0) is 4.79 Å². The third-order valence-corrected chi connectivity index (χ3v) is 1.75. The van der Waals surface area contributed by atoms with Gasteiger partial charge in [-0.25, -0.2) is 0 Å². The smallest absolute Gasteiger partial charge is 0.325 e. The van der Waals surface area contributed by atoms with E-state index in [1.807, 2.05) is 0 Å². The van der Waals surface area contributed by atoms with Crippen molar-refractivity contribution in [2.45, 2.75) is 6.04 Å². The summed E-state index contributed by atoms with van der Waals surface area (Å²) in [6.07, 6.45) is 3.19. The molecule has 0 aliphatic rings. The van der Waals surface area contributed by atoms with E-state index in [0.717, 1.165) is 0 Å². The highest BCUT2D eigenvalue weighted by molar-refractivity contribution is 5.75. The molecule has 0 saturated heterocycles. The summed E-state index contributed by atoms with van der Waals surface area (Å²) in [5, 5.41) is 8.93. The Morgan fingerprint density at radius 1 is 1.62 bits per heavy atom. The molecule has 0 aliphatic carbocycles. The lowest BCUT2D eigenvalue weighted by atomic mass is 10.1. The van der Waals surface area contributed by atoms with Crippen LogP contribution in [0.3, 0.4) is 0 Å². The lowest BCUT2D eigenvalue weighted by molar-refractivity contribution is -0.142. The van der Waals surface area contributed by atoms with Gasteiger partial charge >= 0.3 is 5.97 Å². The molecule has 0 radical (unpaired) electrons. The summed E-state index contributed by atoms with van der Waals surface area (Å²) in [5.41, 5.74) is 0.694. The van der Waals surface area contributed by atoms with E-state index in [9.17, 15) is 4.79 Å². The Bertz CT molecular complexity index is 285. The molecule has 0 bridgehead atoms. The van der Waals surface area contributed by atoms with Gasteiger partial charge in [0, 0.05) is 12.4 Å². The second-order valence-electron chi connectivity index (χ2n) is 2.99. The van der Waals surface area contributed by atoms with Crippen molar-refractivity contribution in [1.29, 1.82) is 0 Å². The van der Waals surface area contributed by atoms with Crippen LogP contribution in [0.2, 0.25) is 0 Å². The van der Waals surface area contributed by atoms with E-state index in [4.69, 9.17) is 5.11 Å². The van der Waals surface area contributed by atoms with Crippen molar-refractivity contribution in [3.63, 3.8) is 0 Å². The van der Waals surface area contributed by atoms with Crippen LogP contribution in [0.25, 0.3) is 0 Å². The highest BCUT2D eigenvalue weighted by Gasteiger charge is 2.21. The van der Waals surface area contributed by atoms with Crippen molar-refractivity contribution in [2.24, 2.45) is 0 Å². The van der Waals surface area contributed by atoms with Crippen LogP contribution >= 0.6 is 0 Å². The van der Waals surface area contributed by atoms with E-state index in [2.05, 4.69) is 4.98 Å². The minimum atomic E-state index is -0.863. The summed E-state index contributed by atoms with van der Waals surface area (Å²) in [6, 6.07) is 2.87. The number of rotatable bonds is 3. The maximum atomic E-state index is 10.9. The normalized spacial score (nSPS) is 12.8. The zero-order valence-corrected chi connectivity index (χ0v) is 7.64. The maximum absolute atomic E-state index is 10.9. The third-order valence-electron chi connectivity index (χ3n) is 1.75. The zero-order valence-electron chi connectivity index (χ0n) is 7.64. The van der Waals surface area contributed by atoms with Crippen molar-refractivity contribution in [3.05, 3.63) is 30.1 Å². The first-order valence-corrected chi connectivity index (χ1v) is 3.92. The summed E-state index contributed by atoms with van der Waals surface area (Å²) in [5.74, 6) is -0.863. The van der Waals surface area contributed by atoms with Gasteiger partial charge in [0.25, 0.3) is 0 Å². The number of carboxylic acids is 1. The Morgan fingerprint density at radius 2 is 2.31 bits per heavy atom. The minimum Gasteiger partial charge on any atom is -0.480 e. The number of aliphatic carboxylic acids is 1. The van der Waals surface area contributed by atoms with Gasteiger partial charge in [0.1, 0.15) is 6.04 Å². The van der Waals surface area contributed by atoms with E-state index in [-0.39, 0.29) is 0 Å². The summed E-state index contributed by atoms with van der Waals surface area (Å²) < 4.78 is 0. The Labute approximate surface area is 76.8 Å². The second kappa shape index (κ2) is 4.00. The fourth-order valence-corrected chi connectivity index (χ4v) is 1.20. The van der Waals surface area contributed by atoms with Crippen LogP contribution in [0.4, 0.5) is 0 Å². The highest BCUT2D eigenvalue weighted by atomic mass is 16.4. The van der Waals surface area contributed by atoms with Gasteiger partial charge in [-0.1, -0.05) is 6.07 Å². The molecule has 1 rings (SSSR count). The monoisotopic (exact) mass is 180 g/mol. The Hall–Kier alpha value is -1.42. The number of nitrogens with zero attached hydrogens (tertiary/aromatic N) is 2. The average molecular weight is 180 g/mol. The Balaban J connectivity index is 2.96. The number of carboxylic acid groups (broad SMARTS) is 1. The third kappa shape index (κ3) is 2.26. The van der Waals surface area contributed by atoms with Crippen LogP contribution in [0.5, 0.6) is 0 Å². The molecular weight excluding hydrogens is 168 g/mol. The van der Waals surface area contributed by atoms with Gasteiger partial charge in [-0.05, 0) is 25.7 Å². The zero-order chi connectivity index (χ0) is 9.84. The van der Waals surface area contributed by atoms with E-state index in [0.29, 0.717) is 5.56 Å². The molecule has 13 heavy (non-hydrogen) atoms. The van der Waals surface area contributed by atoms with Crippen LogP contribution in [0, 0.1) is 0 Å². The minimum absolute atomic E-state index is 0.617. The molecule has 1 heterocycles. The number of hydrogen-bond acceptors (Lipinski definition) is 3. The summed E-state index contributed by atoms with van der Waals surface area (Å²) in [7, 11) is 3.46. The molecule has 0 amide bonds. The first kappa shape index (κ1) is 9.67. The van der Waals surface area contributed by atoms with E-state index in [1.165, 1.54) is 0 Å². The van der Waals surface area contributed by atoms with Crippen LogP contribution < -0.4 is 0 Å². The predicted molar refractivity (Wildman–Crippen MR) is 48.3 cm³/mol. The highest BCUT2D eigenvalue weighted by Crippen LogP contribution is 2.16. The predicted octanol–water partition coefficient (Wildman–Crippen LogP) is 0.769. The molecule has 0 spiro atoms. The molecule has 0 aromatic carbocycles. The molecule has 4 heteroatoms. The van der Waals surface area contributed by atoms with E-state index in [1.54, 1.807) is 43.5 Å². The molecule has 0 saturated carbocycles. The lowest BCUT2D eigenvalue weighted by Crippen LogP contribution is -2.27. The molecule has 0 aliphatic heterocycles. The van der Waals surface area contributed by atoms with Crippen molar-refractivity contribution < 1.29 is 9.90 Å². The number of aromatic nitrogens is 1. The lowest BCUT2D eigenvalue weighted by Gasteiger charge is -2.19. The average Bonchev–Trinajstić information content (AvgIpc) is 2.04. The Morgan fingerprint density at radius 3 is 2.69 bits per heavy atom. The van der Waals surface area contributed by atoms with Crippen molar-refractivity contribution >= 4 is 5.97 Å². The standard InChI is InChI=1S/C9H12N2O2/c1-11(2)8(9(12)13)7-4-3-5-10-6-7/h3-6,8H,1-2H3,(H,12,13)/t8-/m0/s1. The molecular formula is C9H12N2O2. The number of hydrogen-bond donors (Lipinski definition) is 1. The topological polar surface area (TPSA) is 53.4 Å². The number of carbonyl (C=O) groups is 1. The molecule has 0 fully saturated rings. The first-order chi connectivity index (χ1) is 6.13. The summed E-state index contributed by atoms with van der Waals surface area (Å²) >= 11 is 0. The van der Waals surface area contributed by atoms with E-state index >= 15 is 0 Å². The van der Waals surface area contributed by atoms with Gasteiger partial charge < -0.3 is 5.11 Å². The van der Waals surface area contributed by atoms with Crippen LogP contribution in [0.1, 0.15) is 11.6 Å². The molecule has 4 nitrogen and oxygen atoms in total. The van der Waals surface area contributed by atoms with Crippen molar-refractivity contribution in [3.8, 4) is 0 Å². The number of likely N-dealkylation sites (N-methyl/N-ethyl adjacent to an activating group) is 1. The molecule has 70 valence electrons. The van der Waals surface area contributed by atoms with Gasteiger partial charge in [0.15, 0.2) is 0 Å². The van der Waals surface area contributed by atoms with E-state index < -0.39 is 12.0 Å². The van der Waals surface area contributed by atoms with Crippen LogP contribution in [0.15, 0.2) is 24.5 Å². The summed E-state index contributed by atoms with van der Waals surface area (Å²) in [6.45, 7) is 0. The fraction of sp³-hybridized carbons (Fsp3) is 0.333. The maximum Gasteiger partial charge on any atom is 0.325 e. The van der Waals surface area contributed by atoms with Gasteiger partial charge in [-0.15, -0.1) is 0 Å². The molecule has 1 atom stereocenters. The summed E-state index contributed by atoms with van der Waals surface area (Å²) in [4.78, 5) is 16.4. The molecule has 1 aromatic heterocycles. The molecule has 0 unspecified atom stereocenters. The number of pyridine rings is 1. The quantitative estimate of drug-likeness (QED) is 0.746. The van der Waals surface area contributed by atoms with Gasteiger partial charge in [-0.2, -0.15) is 0 Å². The van der Waals surface area contributed by atoms with Crippen molar-refractivity contribution in [1.82, 2.24) is 9.88 Å². The first-order valence-electron chi connectivity index (χ1n) is 3.92. The molecule has 1 aromatic rings. The van der Waals surface area contributed by atoms with Gasteiger partial charge in [0.05, 0.1) is 0 Å². The Kier molecular flexibility index (Phi) is 2.97. The fourth-order valence-electron chi connectivity index (χ4n) is 1.20.